The molecule has 1 aromatic carbocycles. The molecule has 0 N–H and O–H groups in total. The van der Waals surface area contributed by atoms with Crippen molar-refractivity contribution < 1.29 is 4.74 Å². The zero-order valence-corrected chi connectivity index (χ0v) is 14.2. The van der Waals surface area contributed by atoms with Gasteiger partial charge in [-0.3, -0.25) is 9.47 Å². The molecular weight excluding hydrogens is 344 g/mol. The van der Waals surface area contributed by atoms with Gasteiger partial charge in [0, 0.05) is 43.4 Å². The van der Waals surface area contributed by atoms with Gasteiger partial charge in [-0.05, 0) is 25.2 Å². The smallest absolute Gasteiger partial charge is 0.151 e. The van der Waals surface area contributed by atoms with E-state index in [9.17, 15) is 0 Å². The maximum atomic E-state index is 5.81. The summed E-state index contributed by atoms with van der Waals surface area (Å²) in [5, 5.41) is 0. The van der Waals surface area contributed by atoms with Crippen LogP contribution in [0.5, 0.6) is 5.75 Å². The fourth-order valence-corrected chi connectivity index (χ4v) is 3.38. The van der Waals surface area contributed by atoms with Gasteiger partial charge in [-0.2, -0.15) is 0 Å². The third kappa shape index (κ3) is 2.66. The molecule has 2 aliphatic heterocycles. The first-order valence-corrected chi connectivity index (χ1v) is 8.39. The van der Waals surface area contributed by atoms with Crippen LogP contribution in [0.3, 0.4) is 0 Å². The summed E-state index contributed by atoms with van der Waals surface area (Å²) < 4.78 is 9.01. The monoisotopic (exact) mass is 362 g/mol. The second-order valence-corrected chi connectivity index (χ2v) is 6.91. The normalized spacial score (nSPS) is 18.6. The topological polar surface area (TPSA) is 33.5 Å². The minimum Gasteiger partial charge on any atom is -0.483 e. The third-order valence-electron chi connectivity index (χ3n) is 4.35. The summed E-state index contributed by atoms with van der Waals surface area (Å²) in [4.78, 5) is 9.60. The number of imidazole rings is 1. The molecule has 2 aromatic rings. The van der Waals surface area contributed by atoms with Crippen molar-refractivity contribution in [2.24, 2.45) is 0 Å². The summed E-state index contributed by atoms with van der Waals surface area (Å²) in [5.74, 6) is 1.89. The van der Waals surface area contributed by atoms with Gasteiger partial charge >= 0.3 is 0 Å². The standard InChI is InChI=1S/C16H19BrN4O/c1-19-4-6-20(7-5-19)9-13-10-21-14-3-2-12(17)8-15(14)22-11-16(21)18-13/h2-3,8,10H,4-7,9,11H2,1H3. The minimum atomic E-state index is 0.534. The molecule has 0 amide bonds. The van der Waals surface area contributed by atoms with Gasteiger partial charge in [-0.1, -0.05) is 15.9 Å². The molecular formula is C16H19BrN4O. The van der Waals surface area contributed by atoms with E-state index in [0.717, 1.165) is 60.2 Å². The second-order valence-electron chi connectivity index (χ2n) is 6.00. The van der Waals surface area contributed by atoms with Crippen LogP contribution in [0.1, 0.15) is 11.5 Å². The number of rotatable bonds is 2. The van der Waals surface area contributed by atoms with Gasteiger partial charge in [0.15, 0.2) is 5.82 Å². The van der Waals surface area contributed by atoms with Crippen molar-refractivity contribution in [2.45, 2.75) is 13.2 Å². The van der Waals surface area contributed by atoms with Crippen molar-refractivity contribution in [2.75, 3.05) is 33.2 Å². The van der Waals surface area contributed by atoms with Crippen molar-refractivity contribution in [1.82, 2.24) is 19.4 Å². The van der Waals surface area contributed by atoms with Gasteiger partial charge < -0.3 is 9.64 Å². The Hall–Kier alpha value is -1.37. The van der Waals surface area contributed by atoms with Crippen molar-refractivity contribution in [3.05, 3.63) is 40.4 Å². The van der Waals surface area contributed by atoms with Crippen LogP contribution < -0.4 is 4.74 Å². The van der Waals surface area contributed by atoms with Crippen molar-refractivity contribution in [1.29, 1.82) is 0 Å². The fourth-order valence-electron chi connectivity index (χ4n) is 3.04. The van der Waals surface area contributed by atoms with Gasteiger partial charge in [0.2, 0.25) is 0 Å². The Bertz CT molecular complexity index is 691. The van der Waals surface area contributed by atoms with Gasteiger partial charge in [0.1, 0.15) is 12.4 Å². The highest BCUT2D eigenvalue weighted by molar-refractivity contribution is 9.10. The Morgan fingerprint density at radius 3 is 2.86 bits per heavy atom. The molecule has 0 atom stereocenters. The van der Waals surface area contributed by atoms with Crippen LogP contribution in [0.15, 0.2) is 28.9 Å². The summed E-state index contributed by atoms with van der Waals surface area (Å²) in [6, 6.07) is 6.12. The Labute approximate surface area is 138 Å². The average Bonchev–Trinajstić information content (AvgIpc) is 2.92. The maximum Gasteiger partial charge on any atom is 0.151 e. The summed E-state index contributed by atoms with van der Waals surface area (Å²) in [6.07, 6.45) is 2.16. The van der Waals surface area contributed by atoms with Crippen LogP contribution in [-0.4, -0.2) is 52.6 Å². The molecule has 1 saturated heterocycles. The first kappa shape index (κ1) is 14.2. The minimum absolute atomic E-state index is 0.534. The largest absolute Gasteiger partial charge is 0.483 e. The molecule has 0 bridgehead atoms. The zero-order valence-electron chi connectivity index (χ0n) is 12.6. The lowest BCUT2D eigenvalue weighted by atomic mass is 10.2. The van der Waals surface area contributed by atoms with Crippen LogP contribution in [0.25, 0.3) is 5.69 Å². The Balaban J connectivity index is 1.57. The molecule has 1 aromatic heterocycles. The maximum absolute atomic E-state index is 5.81. The quantitative estimate of drug-likeness (QED) is 0.820. The number of ether oxygens (including phenoxy) is 1. The third-order valence-corrected chi connectivity index (χ3v) is 4.84. The van der Waals surface area contributed by atoms with E-state index < -0.39 is 0 Å². The first-order chi connectivity index (χ1) is 10.7. The van der Waals surface area contributed by atoms with E-state index in [1.165, 1.54) is 0 Å². The van der Waals surface area contributed by atoms with Gasteiger partial charge in [-0.25, -0.2) is 4.98 Å². The number of likely N-dealkylation sites (N-methyl/N-ethyl adjacent to an activating group) is 1. The lowest BCUT2D eigenvalue weighted by Crippen LogP contribution is -2.43. The van der Waals surface area contributed by atoms with Crippen LogP contribution >= 0.6 is 15.9 Å². The molecule has 0 spiro atoms. The Kier molecular flexibility index (Phi) is 3.68. The molecule has 3 heterocycles. The molecule has 0 saturated carbocycles. The lowest BCUT2D eigenvalue weighted by molar-refractivity contribution is 0.147. The number of hydrogen-bond donors (Lipinski definition) is 0. The molecule has 0 unspecified atom stereocenters. The fraction of sp³-hybridized carbons (Fsp3) is 0.438. The van der Waals surface area contributed by atoms with Gasteiger partial charge in [-0.15, -0.1) is 0 Å². The van der Waals surface area contributed by atoms with E-state index in [2.05, 4.69) is 49.6 Å². The predicted molar refractivity (Wildman–Crippen MR) is 88.4 cm³/mol. The molecule has 0 radical (unpaired) electrons. The molecule has 22 heavy (non-hydrogen) atoms. The number of fused-ring (bicyclic) bond motifs is 3. The Morgan fingerprint density at radius 2 is 2.05 bits per heavy atom. The van der Waals surface area contributed by atoms with E-state index in [1.807, 2.05) is 12.1 Å². The first-order valence-electron chi connectivity index (χ1n) is 7.60. The highest BCUT2D eigenvalue weighted by Gasteiger charge is 2.21. The van der Waals surface area contributed by atoms with E-state index in [0.29, 0.717) is 6.61 Å². The van der Waals surface area contributed by atoms with E-state index in [4.69, 9.17) is 9.72 Å². The summed E-state index contributed by atoms with van der Waals surface area (Å²) in [7, 11) is 2.18. The number of nitrogens with zero attached hydrogens (tertiary/aromatic N) is 4. The van der Waals surface area contributed by atoms with Crippen LogP contribution in [0, 0.1) is 0 Å². The van der Waals surface area contributed by atoms with Gasteiger partial charge in [0.25, 0.3) is 0 Å². The summed E-state index contributed by atoms with van der Waals surface area (Å²) in [5.41, 5.74) is 2.19. The lowest BCUT2D eigenvalue weighted by Gasteiger charge is -2.31. The number of halogens is 1. The second kappa shape index (κ2) is 5.68. The van der Waals surface area contributed by atoms with E-state index in [1.54, 1.807) is 0 Å². The summed E-state index contributed by atoms with van der Waals surface area (Å²) in [6.45, 7) is 5.93. The van der Waals surface area contributed by atoms with Crippen LogP contribution in [-0.2, 0) is 13.2 Å². The van der Waals surface area contributed by atoms with E-state index >= 15 is 0 Å². The van der Waals surface area contributed by atoms with Crippen LogP contribution in [0.2, 0.25) is 0 Å². The van der Waals surface area contributed by atoms with Crippen LogP contribution in [0.4, 0.5) is 0 Å². The number of hydrogen-bond acceptors (Lipinski definition) is 4. The average molecular weight is 363 g/mol. The van der Waals surface area contributed by atoms with Crippen molar-refractivity contribution >= 4 is 15.9 Å². The van der Waals surface area contributed by atoms with Crippen molar-refractivity contribution in [3.8, 4) is 11.4 Å². The summed E-state index contributed by atoms with van der Waals surface area (Å²) >= 11 is 3.49. The number of piperazine rings is 1. The Morgan fingerprint density at radius 1 is 1.23 bits per heavy atom. The highest BCUT2D eigenvalue weighted by Crippen LogP contribution is 2.32. The SMILES string of the molecule is CN1CCN(Cc2cn3c(n2)COc2cc(Br)ccc2-3)CC1. The van der Waals surface area contributed by atoms with E-state index in [-0.39, 0.29) is 0 Å². The molecule has 2 aliphatic rings. The molecule has 0 aliphatic carbocycles. The molecule has 1 fully saturated rings. The molecule has 4 rings (SSSR count). The zero-order chi connectivity index (χ0) is 15.1. The number of benzene rings is 1. The molecule has 6 heteroatoms. The highest BCUT2D eigenvalue weighted by atomic mass is 79.9. The molecule has 5 nitrogen and oxygen atoms in total. The molecule has 116 valence electrons. The van der Waals surface area contributed by atoms with Crippen molar-refractivity contribution in [3.63, 3.8) is 0 Å². The number of aromatic nitrogens is 2. The van der Waals surface area contributed by atoms with Gasteiger partial charge in [0.05, 0.1) is 11.4 Å². The predicted octanol–water partition coefficient (Wildman–Crippen LogP) is 2.27.